The van der Waals surface area contributed by atoms with Gasteiger partial charge in [-0.1, -0.05) is 51.1 Å². The topological polar surface area (TPSA) is 29.5 Å². The Kier molecular flexibility index (Phi) is 7.03. The molecule has 1 aromatic carbocycles. The molecule has 2 nitrogen and oxygen atoms in total. The molecule has 0 bridgehead atoms. The van der Waals surface area contributed by atoms with Crippen LogP contribution in [0.25, 0.3) is 0 Å². The lowest BCUT2D eigenvalue weighted by Crippen LogP contribution is -2.42. The minimum absolute atomic E-state index is 0.156. The Bertz CT molecular complexity index is 561. The first kappa shape index (κ1) is 19.9. The molecule has 0 heterocycles. The Morgan fingerprint density at radius 2 is 1.74 bits per heavy atom. The van der Waals surface area contributed by atoms with Crippen molar-refractivity contribution in [3.8, 4) is 0 Å². The second-order valence-electron chi connectivity index (χ2n) is 7.84. The van der Waals surface area contributed by atoms with E-state index in [0.717, 1.165) is 17.6 Å². The molecule has 1 rings (SSSR count). The predicted molar refractivity (Wildman–Crippen MR) is 101 cm³/mol. The average molecular weight is 333 g/mol. The molecule has 1 N–H and O–H groups in total. The van der Waals surface area contributed by atoms with Gasteiger partial charge in [-0.3, -0.25) is 0 Å². The minimum Gasteiger partial charge on any atom is -0.414 e. The molecule has 0 fully saturated rings. The van der Waals surface area contributed by atoms with E-state index in [2.05, 4.69) is 58.7 Å². The first-order chi connectivity index (χ1) is 10.5. The molecule has 0 radical (unpaired) electrons. The van der Waals surface area contributed by atoms with Gasteiger partial charge in [0.25, 0.3) is 0 Å². The van der Waals surface area contributed by atoms with Crippen LogP contribution in [-0.4, -0.2) is 26.1 Å². The summed E-state index contributed by atoms with van der Waals surface area (Å²) in [4.78, 5) is 0. The molecular formula is C20H32O2Si. The first-order valence-electron chi connectivity index (χ1n) is 8.32. The van der Waals surface area contributed by atoms with Crippen molar-refractivity contribution in [3.63, 3.8) is 0 Å². The molecule has 0 aliphatic rings. The van der Waals surface area contributed by atoms with Gasteiger partial charge >= 0.3 is 0 Å². The molecule has 23 heavy (non-hydrogen) atoms. The summed E-state index contributed by atoms with van der Waals surface area (Å²) in [5, 5.41) is 10.5. The SMILES string of the molecule is CC(=C=C(C)C(O)CO[Si](C)(C)C(C)(C)C)Cc1ccccc1. The molecule has 1 atom stereocenters. The van der Waals surface area contributed by atoms with Crippen molar-refractivity contribution in [2.45, 2.75) is 65.3 Å². The quantitative estimate of drug-likeness (QED) is 0.580. The first-order valence-corrected chi connectivity index (χ1v) is 11.2. The van der Waals surface area contributed by atoms with Crippen molar-refractivity contribution >= 4 is 8.32 Å². The molecule has 0 saturated heterocycles. The third kappa shape index (κ3) is 6.48. The van der Waals surface area contributed by atoms with Crippen LogP contribution < -0.4 is 0 Å². The summed E-state index contributed by atoms with van der Waals surface area (Å²) in [6.45, 7) is 15.4. The van der Waals surface area contributed by atoms with Crippen LogP contribution in [0.2, 0.25) is 18.1 Å². The van der Waals surface area contributed by atoms with Gasteiger partial charge in [-0.05, 0) is 48.7 Å². The van der Waals surface area contributed by atoms with E-state index in [1.54, 1.807) is 0 Å². The average Bonchev–Trinajstić information content (AvgIpc) is 2.44. The molecule has 0 aliphatic carbocycles. The second-order valence-corrected chi connectivity index (χ2v) is 12.6. The summed E-state index contributed by atoms with van der Waals surface area (Å²) in [6, 6.07) is 10.3. The number of hydrogen-bond acceptors (Lipinski definition) is 2. The maximum absolute atomic E-state index is 10.3. The van der Waals surface area contributed by atoms with Crippen LogP contribution in [0.15, 0.2) is 47.2 Å². The van der Waals surface area contributed by atoms with Crippen molar-refractivity contribution in [1.29, 1.82) is 0 Å². The van der Waals surface area contributed by atoms with Crippen LogP contribution in [-0.2, 0) is 10.8 Å². The van der Waals surface area contributed by atoms with Crippen molar-refractivity contribution in [2.75, 3.05) is 6.61 Å². The molecule has 1 aromatic rings. The summed E-state index contributed by atoms with van der Waals surface area (Å²) in [5.74, 6) is 0. The van der Waals surface area contributed by atoms with Crippen molar-refractivity contribution in [1.82, 2.24) is 0 Å². The number of rotatable bonds is 6. The maximum atomic E-state index is 10.3. The van der Waals surface area contributed by atoms with E-state index < -0.39 is 14.4 Å². The lowest BCUT2D eigenvalue weighted by Gasteiger charge is -2.36. The highest BCUT2D eigenvalue weighted by atomic mass is 28.4. The normalized spacial score (nSPS) is 13.4. The van der Waals surface area contributed by atoms with Crippen molar-refractivity contribution in [3.05, 3.63) is 52.8 Å². The van der Waals surface area contributed by atoms with E-state index in [1.807, 2.05) is 25.1 Å². The third-order valence-corrected chi connectivity index (χ3v) is 9.13. The van der Waals surface area contributed by atoms with Gasteiger partial charge in [0.2, 0.25) is 0 Å². The molecule has 0 aromatic heterocycles. The molecule has 0 amide bonds. The van der Waals surface area contributed by atoms with Gasteiger partial charge in [-0.15, -0.1) is 5.73 Å². The highest BCUT2D eigenvalue weighted by Crippen LogP contribution is 2.36. The summed E-state index contributed by atoms with van der Waals surface area (Å²) in [7, 11) is -1.82. The van der Waals surface area contributed by atoms with E-state index >= 15 is 0 Å². The monoisotopic (exact) mass is 332 g/mol. The van der Waals surface area contributed by atoms with Gasteiger partial charge < -0.3 is 9.53 Å². The lowest BCUT2D eigenvalue weighted by atomic mass is 10.1. The molecule has 0 aliphatic heterocycles. The lowest BCUT2D eigenvalue weighted by molar-refractivity contribution is 0.127. The van der Waals surface area contributed by atoms with Crippen LogP contribution in [0.3, 0.4) is 0 Å². The number of benzene rings is 1. The third-order valence-electron chi connectivity index (χ3n) is 4.63. The van der Waals surface area contributed by atoms with Gasteiger partial charge in [-0.2, -0.15) is 0 Å². The van der Waals surface area contributed by atoms with Crippen molar-refractivity contribution in [2.24, 2.45) is 0 Å². The van der Waals surface area contributed by atoms with E-state index in [-0.39, 0.29) is 5.04 Å². The van der Waals surface area contributed by atoms with E-state index in [1.165, 1.54) is 5.56 Å². The highest BCUT2D eigenvalue weighted by molar-refractivity contribution is 6.74. The molecule has 3 heteroatoms. The maximum Gasteiger partial charge on any atom is 0.192 e. The van der Waals surface area contributed by atoms with E-state index in [0.29, 0.717) is 6.61 Å². The number of aliphatic hydroxyl groups is 1. The molecule has 128 valence electrons. The number of hydrogen-bond donors (Lipinski definition) is 1. The highest BCUT2D eigenvalue weighted by Gasteiger charge is 2.37. The Labute approximate surface area is 143 Å². The van der Waals surface area contributed by atoms with Crippen LogP contribution >= 0.6 is 0 Å². The van der Waals surface area contributed by atoms with Crippen LogP contribution in [0.5, 0.6) is 0 Å². The molecule has 0 saturated carbocycles. The van der Waals surface area contributed by atoms with Crippen LogP contribution in [0.1, 0.15) is 40.2 Å². The number of aliphatic hydroxyl groups excluding tert-OH is 1. The fourth-order valence-electron chi connectivity index (χ4n) is 1.99. The van der Waals surface area contributed by atoms with Crippen LogP contribution in [0.4, 0.5) is 0 Å². The summed E-state index contributed by atoms with van der Waals surface area (Å²) >= 11 is 0. The second kappa shape index (κ2) is 8.12. The van der Waals surface area contributed by atoms with Gasteiger partial charge in [0, 0.05) is 6.42 Å². The smallest absolute Gasteiger partial charge is 0.192 e. The zero-order chi connectivity index (χ0) is 17.7. The molecule has 0 spiro atoms. The fraction of sp³-hybridized carbons (Fsp3) is 0.550. The van der Waals surface area contributed by atoms with Gasteiger partial charge in [0.1, 0.15) is 6.10 Å². The van der Waals surface area contributed by atoms with E-state index in [9.17, 15) is 5.11 Å². The Hall–Kier alpha value is -1.12. The Morgan fingerprint density at radius 1 is 1.17 bits per heavy atom. The summed E-state index contributed by atoms with van der Waals surface area (Å²) in [5.41, 5.74) is 6.55. The van der Waals surface area contributed by atoms with Crippen LogP contribution in [0, 0.1) is 0 Å². The largest absolute Gasteiger partial charge is 0.414 e. The Morgan fingerprint density at radius 3 is 2.26 bits per heavy atom. The standard InChI is InChI=1S/C20H32O2Si/c1-16(14-18-11-9-8-10-12-18)13-17(2)19(21)15-22-23(6,7)20(3,4)5/h8-12,19,21H,14-15H2,1-7H3. The van der Waals surface area contributed by atoms with E-state index in [4.69, 9.17) is 4.43 Å². The van der Waals surface area contributed by atoms with Gasteiger partial charge in [0.05, 0.1) is 6.61 Å². The predicted octanol–water partition coefficient (Wildman–Crippen LogP) is 5.10. The van der Waals surface area contributed by atoms with Gasteiger partial charge in [-0.25, -0.2) is 0 Å². The molecular weight excluding hydrogens is 300 g/mol. The summed E-state index contributed by atoms with van der Waals surface area (Å²) < 4.78 is 6.10. The fourth-order valence-corrected chi connectivity index (χ4v) is 3.00. The van der Waals surface area contributed by atoms with Gasteiger partial charge in [0.15, 0.2) is 8.32 Å². The van der Waals surface area contributed by atoms with Crippen molar-refractivity contribution < 1.29 is 9.53 Å². The Balaban J connectivity index is 2.71. The molecule has 1 unspecified atom stereocenters. The summed E-state index contributed by atoms with van der Waals surface area (Å²) in [6.07, 6.45) is 0.267. The zero-order valence-corrected chi connectivity index (χ0v) is 16.7. The minimum atomic E-state index is -1.82. The zero-order valence-electron chi connectivity index (χ0n) is 15.7.